The van der Waals surface area contributed by atoms with Crippen molar-refractivity contribution in [3.63, 3.8) is 0 Å². The van der Waals surface area contributed by atoms with E-state index in [4.69, 9.17) is 32.7 Å². The lowest BCUT2D eigenvalue weighted by Crippen LogP contribution is -2.05. The van der Waals surface area contributed by atoms with Crippen LogP contribution in [-0.4, -0.2) is 17.1 Å². The molecule has 30 heavy (non-hydrogen) atoms. The van der Waals surface area contributed by atoms with Crippen molar-refractivity contribution < 1.29 is 9.47 Å². The minimum absolute atomic E-state index is 0.230. The van der Waals surface area contributed by atoms with Gasteiger partial charge in [-0.15, -0.1) is 0 Å². The minimum atomic E-state index is -0.230. The summed E-state index contributed by atoms with van der Waals surface area (Å²) in [5.74, 6) is 1.26. The molecule has 0 amide bonds. The lowest BCUT2D eigenvalue weighted by molar-refractivity contribution is 0.282. The van der Waals surface area contributed by atoms with Gasteiger partial charge in [0.2, 0.25) is 0 Å². The zero-order valence-electron chi connectivity index (χ0n) is 16.1. The number of aromatic amines is 2. The van der Waals surface area contributed by atoms with Crippen molar-refractivity contribution in [1.82, 2.24) is 9.97 Å². The van der Waals surface area contributed by atoms with Crippen LogP contribution in [0, 0.1) is 0 Å². The maximum absolute atomic E-state index is 11.4. The molecule has 0 unspecified atom stereocenters. The third kappa shape index (κ3) is 4.40. The molecule has 0 aliphatic heterocycles. The van der Waals surface area contributed by atoms with Crippen LogP contribution in [0.15, 0.2) is 59.4 Å². The standard InChI is InChI=1S/C22H19Cl2N3O3/c1-29-20-4-2-3-13(21(20)30-12-14-5-6-15(23)9-17(14)24)11-25-16-7-8-18-19(10-16)27-22(28)26-18/h2-10,25H,11-12H2,1H3,(H2,26,27,28). The molecule has 3 aromatic carbocycles. The van der Waals surface area contributed by atoms with E-state index in [1.54, 1.807) is 19.2 Å². The Morgan fingerprint density at radius 3 is 2.60 bits per heavy atom. The summed E-state index contributed by atoms with van der Waals surface area (Å²) in [6, 6.07) is 16.6. The second-order valence-electron chi connectivity index (χ2n) is 6.67. The number of imidazole rings is 1. The number of rotatable bonds is 7. The highest BCUT2D eigenvalue weighted by atomic mass is 35.5. The van der Waals surface area contributed by atoms with Gasteiger partial charge in [0.05, 0.1) is 18.1 Å². The number of hydrogen-bond donors (Lipinski definition) is 3. The van der Waals surface area contributed by atoms with Crippen LogP contribution in [-0.2, 0) is 13.2 Å². The molecule has 0 radical (unpaired) electrons. The number of nitrogens with one attached hydrogen (secondary N) is 3. The van der Waals surface area contributed by atoms with Crippen LogP contribution in [0.3, 0.4) is 0 Å². The molecular formula is C22H19Cl2N3O3. The summed E-state index contributed by atoms with van der Waals surface area (Å²) in [5, 5.41) is 4.48. The Labute approximate surface area is 182 Å². The highest BCUT2D eigenvalue weighted by Crippen LogP contribution is 2.33. The molecule has 3 N–H and O–H groups in total. The van der Waals surface area contributed by atoms with Crippen LogP contribution >= 0.6 is 23.2 Å². The van der Waals surface area contributed by atoms with E-state index in [-0.39, 0.29) is 12.3 Å². The normalized spacial score (nSPS) is 10.9. The number of fused-ring (bicyclic) bond motifs is 1. The first kappa shape index (κ1) is 20.2. The molecular weight excluding hydrogens is 425 g/mol. The molecule has 0 atom stereocenters. The highest BCUT2D eigenvalue weighted by Gasteiger charge is 2.12. The average Bonchev–Trinajstić information content (AvgIpc) is 3.11. The van der Waals surface area contributed by atoms with Gasteiger partial charge >= 0.3 is 5.69 Å². The summed E-state index contributed by atoms with van der Waals surface area (Å²) in [6.45, 7) is 0.779. The quantitative estimate of drug-likeness (QED) is 0.359. The highest BCUT2D eigenvalue weighted by molar-refractivity contribution is 6.35. The molecule has 0 fully saturated rings. The van der Waals surface area contributed by atoms with Gasteiger partial charge in [0.1, 0.15) is 6.61 Å². The summed E-state index contributed by atoms with van der Waals surface area (Å²) in [5.41, 5.74) is 3.88. The summed E-state index contributed by atoms with van der Waals surface area (Å²) < 4.78 is 11.6. The number of halogens is 2. The van der Waals surface area contributed by atoms with E-state index >= 15 is 0 Å². The average molecular weight is 444 g/mol. The Balaban J connectivity index is 1.54. The minimum Gasteiger partial charge on any atom is -0.493 e. The first-order valence-electron chi connectivity index (χ1n) is 9.22. The van der Waals surface area contributed by atoms with Gasteiger partial charge < -0.3 is 24.8 Å². The fourth-order valence-electron chi connectivity index (χ4n) is 3.15. The largest absolute Gasteiger partial charge is 0.493 e. The summed E-state index contributed by atoms with van der Waals surface area (Å²) in [4.78, 5) is 16.9. The van der Waals surface area contributed by atoms with Crippen LogP contribution < -0.4 is 20.5 Å². The van der Waals surface area contributed by atoms with Crippen LogP contribution in [0.1, 0.15) is 11.1 Å². The maximum atomic E-state index is 11.4. The number of H-pyrrole nitrogens is 2. The van der Waals surface area contributed by atoms with Crippen LogP contribution in [0.2, 0.25) is 10.0 Å². The molecule has 154 valence electrons. The van der Waals surface area contributed by atoms with Crippen LogP contribution in [0.4, 0.5) is 5.69 Å². The van der Waals surface area contributed by atoms with Gasteiger partial charge in [0.15, 0.2) is 11.5 Å². The Kier molecular flexibility index (Phi) is 5.88. The summed E-state index contributed by atoms with van der Waals surface area (Å²) in [7, 11) is 1.60. The van der Waals surface area contributed by atoms with Crippen molar-refractivity contribution in [1.29, 1.82) is 0 Å². The smallest absolute Gasteiger partial charge is 0.323 e. The summed E-state index contributed by atoms with van der Waals surface area (Å²) in [6.07, 6.45) is 0. The predicted molar refractivity (Wildman–Crippen MR) is 120 cm³/mol. The zero-order valence-corrected chi connectivity index (χ0v) is 17.6. The topological polar surface area (TPSA) is 79.1 Å². The second-order valence-corrected chi connectivity index (χ2v) is 7.51. The van der Waals surface area contributed by atoms with E-state index in [0.717, 1.165) is 27.8 Å². The number of ether oxygens (including phenoxy) is 2. The number of aromatic nitrogens is 2. The van der Waals surface area contributed by atoms with Crippen molar-refractivity contribution in [2.24, 2.45) is 0 Å². The molecule has 6 nitrogen and oxygen atoms in total. The van der Waals surface area contributed by atoms with Crippen molar-refractivity contribution in [2.75, 3.05) is 12.4 Å². The van der Waals surface area contributed by atoms with Gasteiger partial charge in [0, 0.05) is 33.4 Å². The lowest BCUT2D eigenvalue weighted by atomic mass is 10.1. The van der Waals surface area contributed by atoms with E-state index < -0.39 is 0 Å². The Hall–Kier alpha value is -3.09. The molecule has 0 spiro atoms. The van der Waals surface area contributed by atoms with Crippen LogP contribution in [0.25, 0.3) is 11.0 Å². The SMILES string of the molecule is COc1cccc(CNc2ccc3[nH]c(=O)[nH]c3c2)c1OCc1ccc(Cl)cc1Cl. The third-order valence-electron chi connectivity index (χ3n) is 4.67. The van der Waals surface area contributed by atoms with Gasteiger partial charge in [-0.3, -0.25) is 0 Å². The molecule has 1 heterocycles. The molecule has 4 aromatic rings. The van der Waals surface area contributed by atoms with E-state index in [1.807, 2.05) is 42.5 Å². The van der Waals surface area contributed by atoms with E-state index in [1.165, 1.54) is 0 Å². The fraction of sp³-hybridized carbons (Fsp3) is 0.136. The van der Waals surface area contributed by atoms with Gasteiger partial charge in [-0.1, -0.05) is 41.4 Å². The van der Waals surface area contributed by atoms with E-state index in [0.29, 0.717) is 28.1 Å². The van der Waals surface area contributed by atoms with Gasteiger partial charge in [-0.05, 0) is 36.4 Å². The van der Waals surface area contributed by atoms with Gasteiger partial charge in [-0.2, -0.15) is 0 Å². The molecule has 0 aliphatic rings. The van der Waals surface area contributed by atoms with Crippen LogP contribution in [0.5, 0.6) is 11.5 Å². The number of anilines is 1. The predicted octanol–water partition coefficient (Wildman–Crippen LogP) is 5.36. The first-order valence-corrected chi connectivity index (χ1v) is 9.97. The molecule has 0 saturated carbocycles. The number of methoxy groups -OCH3 is 1. The van der Waals surface area contributed by atoms with E-state index in [2.05, 4.69) is 15.3 Å². The van der Waals surface area contributed by atoms with Gasteiger partial charge in [0.25, 0.3) is 0 Å². The Bertz CT molecular complexity index is 1250. The molecule has 4 rings (SSSR count). The number of hydrogen-bond acceptors (Lipinski definition) is 4. The molecule has 1 aromatic heterocycles. The van der Waals surface area contributed by atoms with Crippen molar-refractivity contribution in [3.8, 4) is 11.5 Å². The van der Waals surface area contributed by atoms with Crippen molar-refractivity contribution in [3.05, 3.63) is 86.3 Å². The first-order chi connectivity index (χ1) is 14.5. The fourth-order valence-corrected chi connectivity index (χ4v) is 3.62. The molecule has 0 bridgehead atoms. The number of benzene rings is 3. The Morgan fingerprint density at radius 2 is 1.80 bits per heavy atom. The maximum Gasteiger partial charge on any atom is 0.323 e. The van der Waals surface area contributed by atoms with Crippen molar-refractivity contribution in [2.45, 2.75) is 13.2 Å². The molecule has 0 aliphatic carbocycles. The Morgan fingerprint density at radius 1 is 0.967 bits per heavy atom. The molecule has 0 saturated heterocycles. The molecule has 8 heteroatoms. The van der Waals surface area contributed by atoms with E-state index in [9.17, 15) is 4.79 Å². The zero-order chi connectivity index (χ0) is 21.1. The lowest BCUT2D eigenvalue weighted by Gasteiger charge is -2.16. The summed E-state index contributed by atoms with van der Waals surface area (Å²) >= 11 is 12.2. The van der Waals surface area contributed by atoms with Crippen molar-refractivity contribution >= 4 is 39.9 Å². The van der Waals surface area contributed by atoms with Gasteiger partial charge in [-0.25, -0.2) is 4.79 Å². The third-order valence-corrected chi connectivity index (χ3v) is 5.25. The number of para-hydroxylation sites is 1. The second kappa shape index (κ2) is 8.73. The monoisotopic (exact) mass is 443 g/mol.